The fourth-order valence-corrected chi connectivity index (χ4v) is 1.27. The van der Waals surface area contributed by atoms with Crippen molar-refractivity contribution in [1.29, 1.82) is 0 Å². The van der Waals surface area contributed by atoms with Gasteiger partial charge in [0.25, 0.3) is 0 Å². The number of para-hydroxylation sites is 1. The molecule has 0 radical (unpaired) electrons. The number of nitrogens with two attached hydrogens (primary N) is 1. The minimum atomic E-state index is -2.65. The Morgan fingerprint density at radius 2 is 2.25 bits per heavy atom. The summed E-state index contributed by atoms with van der Waals surface area (Å²) in [4.78, 5) is 0. The van der Waals surface area contributed by atoms with E-state index in [1.165, 1.54) is 12.1 Å². The van der Waals surface area contributed by atoms with Gasteiger partial charge in [0, 0.05) is 0 Å². The summed E-state index contributed by atoms with van der Waals surface area (Å²) in [5, 5.41) is 0.166. The predicted octanol–water partition coefficient (Wildman–Crippen LogP) is 1.10. The Bertz CT molecular complexity index is 297. The summed E-state index contributed by atoms with van der Waals surface area (Å²) in [6.07, 6.45) is 0. The van der Waals surface area contributed by atoms with E-state index in [9.17, 15) is 8.76 Å². The summed E-state index contributed by atoms with van der Waals surface area (Å²) < 4.78 is 24.6. The van der Waals surface area contributed by atoms with Crippen molar-refractivity contribution in [2.75, 3.05) is 5.73 Å². The quantitative estimate of drug-likeness (QED) is 0.581. The highest BCUT2D eigenvalue weighted by molar-refractivity contribution is 7.74. The monoisotopic (exact) mass is 206 g/mol. The number of hydrogen-bond acceptors (Lipinski definition) is 4. The summed E-state index contributed by atoms with van der Waals surface area (Å²) in [6, 6.07) is 4.58. The zero-order valence-corrected chi connectivity index (χ0v) is 7.39. The summed E-state index contributed by atoms with van der Waals surface area (Å²) in [6.45, 7) is 0. The van der Waals surface area contributed by atoms with E-state index in [-0.39, 0.29) is 16.5 Å². The Hall–Kier alpha value is -0.780. The normalized spacial score (nSPS) is 12.5. The second-order valence-corrected chi connectivity index (χ2v) is 2.93. The van der Waals surface area contributed by atoms with Crippen LogP contribution in [-0.4, -0.2) is 8.76 Å². The molecule has 6 heteroatoms. The first-order valence-corrected chi connectivity index (χ1v) is 4.30. The molecule has 2 N–H and O–H groups in total. The number of hydrogen-bond donors (Lipinski definition) is 1. The first kappa shape index (κ1) is 9.31. The van der Waals surface area contributed by atoms with Crippen LogP contribution in [0.5, 0.6) is 5.75 Å². The molecule has 1 atom stereocenters. The highest BCUT2D eigenvalue weighted by Crippen LogP contribution is 2.30. The van der Waals surface area contributed by atoms with Gasteiger partial charge in [-0.3, -0.25) is 0 Å². The number of anilines is 1. The maximum atomic E-state index is 10.1. The van der Waals surface area contributed by atoms with Gasteiger partial charge in [-0.05, 0) is 12.1 Å². The fraction of sp³-hybridized carbons (Fsp3) is 0. The first-order chi connectivity index (χ1) is 5.61. The molecule has 0 bridgehead atoms. The van der Waals surface area contributed by atoms with Gasteiger partial charge in [0.05, 0.1) is 10.7 Å². The SMILES string of the molecule is Nc1cccc(Cl)c1OS(=O)[O-]. The van der Waals surface area contributed by atoms with E-state index < -0.39 is 11.4 Å². The molecule has 0 aliphatic rings. The van der Waals surface area contributed by atoms with Crippen LogP contribution < -0.4 is 9.92 Å². The van der Waals surface area contributed by atoms with E-state index in [4.69, 9.17) is 17.3 Å². The molecule has 0 spiro atoms. The average molecular weight is 207 g/mol. The molecular formula is C6H5ClNO3S-. The molecule has 1 aromatic rings. The molecule has 1 aromatic carbocycles. The van der Waals surface area contributed by atoms with Crippen LogP contribution in [0.4, 0.5) is 5.69 Å². The van der Waals surface area contributed by atoms with Crippen molar-refractivity contribution >= 4 is 28.6 Å². The maximum Gasteiger partial charge on any atom is 0.180 e. The van der Waals surface area contributed by atoms with Crippen molar-refractivity contribution in [3.05, 3.63) is 23.2 Å². The zero-order chi connectivity index (χ0) is 9.14. The first-order valence-electron chi connectivity index (χ1n) is 2.93. The minimum Gasteiger partial charge on any atom is -0.740 e. The molecule has 0 saturated heterocycles. The molecule has 12 heavy (non-hydrogen) atoms. The van der Waals surface area contributed by atoms with Gasteiger partial charge in [-0.2, -0.15) is 0 Å². The molecule has 0 aromatic heterocycles. The topological polar surface area (TPSA) is 75.4 Å². The summed E-state index contributed by atoms with van der Waals surface area (Å²) in [5.41, 5.74) is 5.57. The molecule has 0 aliphatic heterocycles. The highest BCUT2D eigenvalue weighted by Gasteiger charge is 2.05. The lowest BCUT2D eigenvalue weighted by molar-refractivity contribution is 0.441. The maximum absolute atomic E-state index is 10.1. The Morgan fingerprint density at radius 1 is 1.58 bits per heavy atom. The lowest BCUT2D eigenvalue weighted by atomic mass is 10.3. The molecule has 1 unspecified atom stereocenters. The van der Waals surface area contributed by atoms with Crippen molar-refractivity contribution in [3.63, 3.8) is 0 Å². The molecule has 1 rings (SSSR count). The average Bonchev–Trinajstić information content (AvgIpc) is 1.97. The molecule has 0 aliphatic carbocycles. The second kappa shape index (κ2) is 3.75. The van der Waals surface area contributed by atoms with Crippen molar-refractivity contribution in [3.8, 4) is 5.75 Å². The van der Waals surface area contributed by atoms with E-state index in [2.05, 4.69) is 4.18 Å². The Labute approximate surface area is 76.8 Å². The van der Waals surface area contributed by atoms with Gasteiger partial charge in [-0.15, -0.1) is 0 Å². The van der Waals surface area contributed by atoms with Gasteiger partial charge in [-0.1, -0.05) is 17.7 Å². The van der Waals surface area contributed by atoms with E-state index in [0.29, 0.717) is 0 Å². The van der Waals surface area contributed by atoms with Gasteiger partial charge >= 0.3 is 0 Å². The molecule has 4 nitrogen and oxygen atoms in total. The number of nitrogen functional groups attached to an aromatic ring is 1. The van der Waals surface area contributed by atoms with Crippen LogP contribution in [-0.2, 0) is 11.4 Å². The zero-order valence-electron chi connectivity index (χ0n) is 5.82. The molecule has 66 valence electrons. The van der Waals surface area contributed by atoms with Crippen molar-refractivity contribution in [2.45, 2.75) is 0 Å². The van der Waals surface area contributed by atoms with Gasteiger partial charge in [-0.25, -0.2) is 4.21 Å². The van der Waals surface area contributed by atoms with Crippen LogP contribution in [0.25, 0.3) is 0 Å². The van der Waals surface area contributed by atoms with E-state index >= 15 is 0 Å². The highest BCUT2D eigenvalue weighted by atomic mass is 35.5. The lowest BCUT2D eigenvalue weighted by Gasteiger charge is -2.10. The predicted molar refractivity (Wildman–Crippen MR) is 45.4 cm³/mol. The third kappa shape index (κ3) is 2.10. The van der Waals surface area contributed by atoms with E-state index in [0.717, 1.165) is 0 Å². The third-order valence-corrected chi connectivity index (χ3v) is 1.75. The van der Waals surface area contributed by atoms with Crippen LogP contribution in [0.3, 0.4) is 0 Å². The summed E-state index contributed by atoms with van der Waals surface area (Å²) >= 11 is 2.94. The van der Waals surface area contributed by atoms with Crippen molar-refractivity contribution in [2.24, 2.45) is 0 Å². The standard InChI is InChI=1S/C6H6ClNO3S/c7-4-2-1-3-5(8)6(4)11-12(9)10/h1-3H,8H2,(H,9,10)/p-1. The van der Waals surface area contributed by atoms with E-state index in [1.54, 1.807) is 6.07 Å². The number of rotatable bonds is 2. The summed E-state index contributed by atoms with van der Waals surface area (Å²) in [7, 11) is 0. The van der Waals surface area contributed by atoms with Crippen molar-refractivity contribution in [1.82, 2.24) is 0 Å². The smallest absolute Gasteiger partial charge is 0.180 e. The Kier molecular flexibility index (Phi) is 2.91. The number of benzene rings is 1. The van der Waals surface area contributed by atoms with Gasteiger partial charge in [0.2, 0.25) is 0 Å². The van der Waals surface area contributed by atoms with Gasteiger partial charge < -0.3 is 14.5 Å². The lowest BCUT2D eigenvalue weighted by Crippen LogP contribution is -2.01. The van der Waals surface area contributed by atoms with Crippen molar-refractivity contribution < 1.29 is 12.9 Å². The third-order valence-electron chi connectivity index (χ3n) is 1.15. The Balaban J connectivity index is 3.04. The van der Waals surface area contributed by atoms with E-state index in [1.807, 2.05) is 0 Å². The summed E-state index contributed by atoms with van der Waals surface area (Å²) in [5.74, 6) is -0.0347. The second-order valence-electron chi connectivity index (χ2n) is 1.95. The molecule has 0 fully saturated rings. The molecule has 0 amide bonds. The number of halogens is 1. The molecule has 0 saturated carbocycles. The minimum absolute atomic E-state index is 0.0347. The van der Waals surface area contributed by atoms with Crippen LogP contribution in [0.1, 0.15) is 0 Å². The van der Waals surface area contributed by atoms with Crippen LogP contribution in [0, 0.1) is 0 Å². The van der Waals surface area contributed by atoms with Crippen LogP contribution >= 0.6 is 11.6 Å². The fourth-order valence-electron chi connectivity index (χ4n) is 0.681. The molecular weight excluding hydrogens is 202 g/mol. The molecule has 0 heterocycles. The van der Waals surface area contributed by atoms with Gasteiger partial charge in [0.15, 0.2) is 5.75 Å². The Morgan fingerprint density at radius 3 is 2.75 bits per heavy atom. The van der Waals surface area contributed by atoms with Crippen LogP contribution in [0.15, 0.2) is 18.2 Å². The van der Waals surface area contributed by atoms with Crippen LogP contribution in [0.2, 0.25) is 5.02 Å². The largest absolute Gasteiger partial charge is 0.740 e. The van der Waals surface area contributed by atoms with Gasteiger partial charge in [0.1, 0.15) is 11.4 Å².